The van der Waals surface area contributed by atoms with Crippen LogP contribution < -0.4 is 48.4 Å². The van der Waals surface area contributed by atoms with Gasteiger partial charge in [-0.15, -0.1) is 0 Å². The van der Waals surface area contributed by atoms with E-state index in [-0.39, 0.29) is 107 Å². The van der Waals surface area contributed by atoms with E-state index in [2.05, 4.69) is 25.9 Å². The first-order valence-electron chi connectivity index (χ1n) is 22.1. The number of likely N-dealkylation sites (N-methyl/N-ethyl adjacent to an activating group) is 1. The summed E-state index contributed by atoms with van der Waals surface area (Å²) in [6.45, 7) is 7.49. The number of aliphatic carboxylic acids is 1. The molecule has 16 N–H and O–H groups in total. The fraction of sp³-hybridized carbons (Fsp3) is 0.426. The van der Waals surface area contributed by atoms with Gasteiger partial charge in [0.15, 0.2) is 17.3 Å². The van der Waals surface area contributed by atoms with E-state index in [0.717, 1.165) is 10.5 Å². The summed E-state index contributed by atoms with van der Waals surface area (Å²) in [5.74, 6) is -6.09. The minimum Gasteiger partial charge on any atom is -0.507 e. The number of carboxylic acids is 1. The Bertz CT molecular complexity index is 2550. The number of hydrogen-bond donors (Lipinski definition) is 12. The number of hydrogen-bond acceptors (Lipinski definition) is 17. The highest BCUT2D eigenvalue weighted by atomic mass is 16.5. The molecule has 0 fully saturated rings. The molecule has 4 aromatic rings. The van der Waals surface area contributed by atoms with Crippen molar-refractivity contribution in [2.24, 2.45) is 17.2 Å². The van der Waals surface area contributed by atoms with Crippen molar-refractivity contribution in [2.75, 3.05) is 45.6 Å². The fourth-order valence-electron chi connectivity index (χ4n) is 7.50. The summed E-state index contributed by atoms with van der Waals surface area (Å²) in [6.07, 6.45) is -2.76. The Labute approximate surface area is 398 Å². The molecule has 0 radical (unpaired) electrons. The molecule has 372 valence electrons. The number of aromatic hydroxyl groups is 2. The number of aryl methyl sites for hydroxylation is 1. The molecule has 6 atom stereocenters. The lowest BCUT2D eigenvalue weighted by atomic mass is 9.86. The summed E-state index contributed by atoms with van der Waals surface area (Å²) in [6, 6.07) is 6.06. The normalized spacial score (nSPS) is 17.6. The Morgan fingerprint density at radius 1 is 0.884 bits per heavy atom. The smallest absolute Gasteiger partial charge is 0.326 e. The summed E-state index contributed by atoms with van der Waals surface area (Å²) in [5.41, 5.74) is 24.7. The zero-order valence-corrected chi connectivity index (χ0v) is 39.3. The fourth-order valence-corrected chi connectivity index (χ4v) is 7.50. The Hall–Kier alpha value is -7.11. The second-order valence-electron chi connectivity index (χ2n) is 17.8. The molecule has 3 aromatic carbocycles. The topological polar surface area (TPSA) is 374 Å². The van der Waals surface area contributed by atoms with E-state index in [1.165, 1.54) is 51.2 Å². The average Bonchev–Trinajstić information content (AvgIpc) is 3.29. The van der Waals surface area contributed by atoms with Crippen LogP contribution in [0.25, 0.3) is 22.5 Å². The molecule has 0 saturated heterocycles. The monoisotopic (exact) mass is 958 g/mol. The van der Waals surface area contributed by atoms with Gasteiger partial charge in [-0.25, -0.2) is 14.8 Å². The van der Waals surface area contributed by atoms with Gasteiger partial charge in [-0.1, -0.05) is 32.9 Å². The maximum atomic E-state index is 14.8. The molecular formula is C47H62N10O12. The van der Waals surface area contributed by atoms with Gasteiger partial charge >= 0.3 is 5.97 Å². The highest BCUT2D eigenvalue weighted by Gasteiger charge is 2.37. The van der Waals surface area contributed by atoms with Crippen LogP contribution in [0.15, 0.2) is 48.5 Å². The quantitative estimate of drug-likeness (QED) is 0.0707. The standard InChI is InChI=1S/C47H62N10O12/c1-22-37(40(51)56-41(52-22)29-9-8-26(17-34(29)60)47(3,4)5)43(63)54-32(11-12-48)45(65)57(6)38-25-15-31(39(61)36(16-25)69-21-28(59)19-50)30-13-24(7-10-35(30)68-20-27(58)18-49)14-33(46(66)67)55-42(62)23(2)53-44(38)64/h7-10,13,15-17,23,27-28,32-33,38,58-61H,11-12,14,18-21,48-50H2,1-6H3,(H,53,64)(H,54,63)(H,55,62)(H,66,67)(H2,51,52,56)/t23?,27-,28-,32+,33?,38?/m1/s1. The van der Waals surface area contributed by atoms with Crippen molar-refractivity contribution in [3.05, 3.63) is 76.5 Å². The number of aliphatic hydroxyl groups is 2. The predicted molar refractivity (Wildman–Crippen MR) is 253 cm³/mol. The van der Waals surface area contributed by atoms with E-state index in [1.807, 2.05) is 26.8 Å². The van der Waals surface area contributed by atoms with Gasteiger partial charge in [0.05, 0.1) is 11.3 Å². The van der Waals surface area contributed by atoms with Gasteiger partial charge in [0.25, 0.3) is 5.91 Å². The van der Waals surface area contributed by atoms with Crippen molar-refractivity contribution < 1.29 is 59.0 Å². The lowest BCUT2D eigenvalue weighted by Crippen LogP contribution is -2.55. The van der Waals surface area contributed by atoms with Crippen molar-refractivity contribution in [1.82, 2.24) is 30.8 Å². The molecule has 5 rings (SSSR count). The molecule has 4 amide bonds. The van der Waals surface area contributed by atoms with Crippen molar-refractivity contribution in [1.29, 1.82) is 0 Å². The van der Waals surface area contributed by atoms with Crippen LogP contribution in [-0.4, -0.2) is 140 Å². The number of aromatic nitrogens is 2. The Morgan fingerprint density at radius 2 is 1.54 bits per heavy atom. The van der Waals surface area contributed by atoms with E-state index >= 15 is 0 Å². The number of phenols is 2. The number of ether oxygens (including phenoxy) is 2. The third kappa shape index (κ3) is 12.5. The molecule has 22 heteroatoms. The first-order valence-corrected chi connectivity index (χ1v) is 22.1. The van der Waals surface area contributed by atoms with Crippen LogP contribution in [0.4, 0.5) is 5.82 Å². The molecule has 3 unspecified atom stereocenters. The van der Waals surface area contributed by atoms with E-state index < -0.39 is 78.3 Å². The lowest BCUT2D eigenvalue weighted by Gasteiger charge is -2.33. The highest BCUT2D eigenvalue weighted by molar-refractivity contribution is 6.02. The number of aliphatic hydroxyl groups excluding tert-OH is 2. The van der Waals surface area contributed by atoms with E-state index in [0.29, 0.717) is 5.56 Å². The molecule has 4 bridgehead atoms. The number of rotatable bonds is 16. The maximum Gasteiger partial charge on any atom is 0.326 e. The number of nitrogens with two attached hydrogens (primary N) is 4. The molecule has 22 nitrogen and oxygen atoms in total. The van der Waals surface area contributed by atoms with E-state index in [9.17, 15) is 49.5 Å². The summed E-state index contributed by atoms with van der Waals surface area (Å²) >= 11 is 0. The Kier molecular flexibility index (Phi) is 17.1. The van der Waals surface area contributed by atoms with Crippen molar-refractivity contribution in [2.45, 2.75) is 89.3 Å². The number of nitrogens with zero attached hydrogens (tertiary/aromatic N) is 3. The molecule has 69 heavy (non-hydrogen) atoms. The van der Waals surface area contributed by atoms with Crippen LogP contribution in [0, 0.1) is 6.92 Å². The first kappa shape index (κ1) is 52.9. The minimum absolute atomic E-state index is 0.0273. The van der Waals surface area contributed by atoms with Crippen LogP contribution in [0.3, 0.4) is 0 Å². The number of carbonyl (C=O) groups excluding carboxylic acids is 4. The zero-order valence-electron chi connectivity index (χ0n) is 39.3. The van der Waals surface area contributed by atoms with Crippen LogP contribution in [0.2, 0.25) is 0 Å². The van der Waals surface area contributed by atoms with E-state index in [1.54, 1.807) is 12.1 Å². The number of carboxylic acid groups (broad SMARTS) is 1. The van der Waals surface area contributed by atoms with Crippen LogP contribution in [0.5, 0.6) is 23.0 Å². The Morgan fingerprint density at radius 3 is 2.12 bits per heavy atom. The molecule has 1 aromatic heterocycles. The molecule has 0 saturated carbocycles. The average molecular weight is 959 g/mol. The lowest BCUT2D eigenvalue weighted by molar-refractivity contribution is -0.143. The van der Waals surface area contributed by atoms with Crippen LogP contribution in [0.1, 0.15) is 72.9 Å². The second kappa shape index (κ2) is 22.3. The van der Waals surface area contributed by atoms with Gasteiger partial charge in [-0.2, -0.15) is 0 Å². The molecule has 1 aliphatic heterocycles. The van der Waals surface area contributed by atoms with Crippen LogP contribution >= 0.6 is 0 Å². The van der Waals surface area contributed by atoms with Gasteiger partial charge in [0, 0.05) is 37.7 Å². The van der Waals surface area contributed by atoms with Crippen molar-refractivity contribution in [3.8, 4) is 45.5 Å². The van der Waals surface area contributed by atoms with Gasteiger partial charge < -0.3 is 78.8 Å². The van der Waals surface area contributed by atoms with Crippen molar-refractivity contribution >= 4 is 35.4 Å². The molecule has 0 aliphatic carbocycles. The van der Waals surface area contributed by atoms with Crippen molar-refractivity contribution in [3.63, 3.8) is 0 Å². The second-order valence-corrected chi connectivity index (χ2v) is 17.8. The largest absolute Gasteiger partial charge is 0.507 e. The molecule has 0 spiro atoms. The predicted octanol–water partition coefficient (Wildman–Crippen LogP) is 0.0838. The number of nitrogen functional groups attached to an aromatic ring is 1. The van der Waals surface area contributed by atoms with E-state index in [4.69, 9.17) is 32.4 Å². The molecule has 2 heterocycles. The third-order valence-corrected chi connectivity index (χ3v) is 11.5. The summed E-state index contributed by atoms with van der Waals surface area (Å²) in [5, 5.41) is 61.2. The number of anilines is 1. The number of nitrogens with one attached hydrogen (secondary N) is 3. The number of carbonyl (C=O) groups is 5. The first-order chi connectivity index (χ1) is 32.5. The number of benzene rings is 3. The summed E-state index contributed by atoms with van der Waals surface area (Å²) < 4.78 is 11.8. The van der Waals surface area contributed by atoms with Gasteiger partial charge in [0.1, 0.15) is 72.5 Å². The number of amides is 4. The summed E-state index contributed by atoms with van der Waals surface area (Å²) in [4.78, 5) is 79.2. The number of fused-ring (bicyclic) bond motifs is 5. The third-order valence-electron chi connectivity index (χ3n) is 11.5. The number of phenolic OH excluding ortho intramolecular Hbond substituents is 2. The van der Waals surface area contributed by atoms with Gasteiger partial charge in [-0.3, -0.25) is 19.2 Å². The van der Waals surface area contributed by atoms with Gasteiger partial charge in [0.2, 0.25) is 17.7 Å². The molecular weight excluding hydrogens is 897 g/mol. The summed E-state index contributed by atoms with van der Waals surface area (Å²) in [7, 11) is 1.25. The van der Waals surface area contributed by atoms with Gasteiger partial charge in [-0.05, 0) is 85.3 Å². The highest BCUT2D eigenvalue weighted by Crippen LogP contribution is 2.45. The SMILES string of the molecule is Cc1nc(-c2ccc(C(C)(C)C)cc2O)nc(N)c1C(=O)N[C@@H](CCN)C(=O)N(C)C1C(=O)NC(C)C(=O)NC(C(=O)O)Cc2ccc(OC[C@H](O)CN)c(c2)-c2cc1cc(OC[C@H](O)CN)c2O. The molecule has 1 aliphatic rings. The zero-order chi connectivity index (χ0) is 51.1. The minimum atomic E-state index is -1.71. The maximum absolute atomic E-state index is 14.8. The Balaban J connectivity index is 1.63. The van der Waals surface area contributed by atoms with Crippen LogP contribution in [-0.2, 0) is 31.0 Å².